The maximum atomic E-state index is 2.71. The molecule has 4 aliphatic carbocycles. The van der Waals surface area contributed by atoms with Gasteiger partial charge in [-0.2, -0.15) is 0 Å². The van der Waals surface area contributed by atoms with Crippen molar-refractivity contribution in [3.8, 4) is 0 Å². The highest BCUT2D eigenvalue weighted by atomic mass is 127. The number of hydrogen-bond donors (Lipinski definition) is 0. The minimum absolute atomic E-state index is 0.548. The first-order chi connectivity index (χ1) is 11.0. The summed E-state index contributed by atoms with van der Waals surface area (Å²) in [7, 11) is 0. The quantitative estimate of drug-likeness (QED) is 0.171. The second kappa shape index (κ2) is 6.59. The molecule has 0 aromatic rings. The molecular formula is C21H30I2. The summed E-state index contributed by atoms with van der Waals surface area (Å²) < 4.78 is 2.59. The average molecular weight is 536 g/mol. The summed E-state index contributed by atoms with van der Waals surface area (Å²) in [5.41, 5.74) is 4.09. The summed E-state index contributed by atoms with van der Waals surface area (Å²) >= 11 is 5.36. The van der Waals surface area contributed by atoms with E-state index in [-0.39, 0.29) is 0 Å². The SMILES string of the molecule is CC1=C(I)CC2C3CC=C4C[C@@H](I)CC[C@]4(C)C3CC[C@H]2CC1. The number of hydrogen-bond acceptors (Lipinski definition) is 0. The van der Waals surface area contributed by atoms with E-state index >= 15 is 0 Å². The molecule has 3 unspecified atom stereocenters. The van der Waals surface area contributed by atoms with E-state index in [1.54, 1.807) is 9.15 Å². The summed E-state index contributed by atoms with van der Waals surface area (Å²) in [6.45, 7) is 5.03. The fourth-order valence-corrected chi connectivity index (χ4v) is 7.97. The predicted molar refractivity (Wildman–Crippen MR) is 116 cm³/mol. The molecule has 0 N–H and O–H groups in total. The van der Waals surface area contributed by atoms with E-state index < -0.39 is 0 Å². The molecule has 0 spiro atoms. The molecule has 0 heterocycles. The molecule has 0 amide bonds. The van der Waals surface area contributed by atoms with E-state index in [0.717, 1.165) is 27.6 Å². The van der Waals surface area contributed by atoms with Crippen LogP contribution in [0.1, 0.15) is 71.6 Å². The topological polar surface area (TPSA) is 0 Å². The van der Waals surface area contributed by atoms with Gasteiger partial charge in [0.25, 0.3) is 0 Å². The molecule has 0 aromatic heterocycles. The van der Waals surface area contributed by atoms with Crippen LogP contribution in [0.3, 0.4) is 0 Å². The molecule has 2 saturated carbocycles. The minimum Gasteiger partial charge on any atom is -0.0844 e. The minimum atomic E-state index is 0.548. The number of alkyl halides is 1. The van der Waals surface area contributed by atoms with Crippen molar-refractivity contribution < 1.29 is 0 Å². The lowest BCUT2D eigenvalue weighted by molar-refractivity contribution is 0.00327. The molecule has 0 saturated heterocycles. The van der Waals surface area contributed by atoms with Gasteiger partial charge in [0.15, 0.2) is 0 Å². The lowest BCUT2D eigenvalue weighted by Crippen LogP contribution is -2.47. The van der Waals surface area contributed by atoms with Gasteiger partial charge in [-0.15, -0.1) is 0 Å². The van der Waals surface area contributed by atoms with Crippen LogP contribution >= 0.6 is 45.2 Å². The van der Waals surface area contributed by atoms with E-state index in [4.69, 9.17) is 0 Å². The highest BCUT2D eigenvalue weighted by Crippen LogP contribution is 2.61. The Labute approximate surface area is 169 Å². The zero-order valence-electron chi connectivity index (χ0n) is 14.6. The molecule has 0 aliphatic heterocycles. The van der Waals surface area contributed by atoms with Crippen LogP contribution < -0.4 is 0 Å². The van der Waals surface area contributed by atoms with Crippen molar-refractivity contribution in [1.82, 2.24) is 0 Å². The van der Waals surface area contributed by atoms with Gasteiger partial charge in [0.1, 0.15) is 0 Å². The Hall–Kier alpha value is 0.940. The molecule has 0 aromatic carbocycles. The van der Waals surface area contributed by atoms with Gasteiger partial charge in [0.05, 0.1) is 0 Å². The van der Waals surface area contributed by atoms with Crippen molar-refractivity contribution in [2.45, 2.75) is 75.6 Å². The summed E-state index contributed by atoms with van der Waals surface area (Å²) in [6, 6.07) is 0. The molecule has 128 valence electrons. The summed E-state index contributed by atoms with van der Waals surface area (Å²) in [6.07, 6.45) is 15.6. The molecule has 0 bridgehead atoms. The van der Waals surface area contributed by atoms with E-state index in [9.17, 15) is 0 Å². The van der Waals surface area contributed by atoms with Gasteiger partial charge < -0.3 is 0 Å². The fraction of sp³-hybridized carbons (Fsp3) is 0.810. The first-order valence-corrected chi connectivity index (χ1v) is 12.0. The van der Waals surface area contributed by atoms with Gasteiger partial charge >= 0.3 is 0 Å². The van der Waals surface area contributed by atoms with E-state index in [2.05, 4.69) is 65.1 Å². The maximum Gasteiger partial charge on any atom is 0.0147 e. The Morgan fingerprint density at radius 3 is 2.74 bits per heavy atom. The molecule has 4 aliphatic rings. The van der Waals surface area contributed by atoms with Gasteiger partial charge in [0, 0.05) is 3.92 Å². The summed E-state index contributed by atoms with van der Waals surface area (Å²) in [5, 5.41) is 0. The second-order valence-corrected chi connectivity index (χ2v) is 12.0. The first kappa shape index (κ1) is 17.4. The lowest BCUT2D eigenvalue weighted by atomic mass is 9.50. The molecule has 2 heteroatoms. The van der Waals surface area contributed by atoms with Crippen LogP contribution in [0, 0.1) is 29.1 Å². The molecule has 23 heavy (non-hydrogen) atoms. The normalized spacial score (nSPS) is 47.1. The van der Waals surface area contributed by atoms with E-state index in [1.807, 2.05) is 5.57 Å². The lowest BCUT2D eigenvalue weighted by Gasteiger charge is -2.56. The van der Waals surface area contributed by atoms with Gasteiger partial charge in [0.2, 0.25) is 0 Å². The third-order valence-corrected chi connectivity index (χ3v) is 10.3. The third-order valence-electron chi connectivity index (χ3n) is 7.90. The molecule has 0 radical (unpaired) electrons. The number of fused-ring (bicyclic) bond motifs is 5. The van der Waals surface area contributed by atoms with E-state index in [0.29, 0.717) is 5.41 Å². The van der Waals surface area contributed by atoms with Crippen LogP contribution in [0.2, 0.25) is 0 Å². The standard InChI is InChI=1S/C21H30I2/c1-13-3-4-14-5-8-19-17(18(14)12-20(13)23)7-6-15-11-16(22)9-10-21(15,19)2/h6,14,16-19H,3-5,7-12H2,1-2H3/t14-,16+,17?,18?,19?,21+/m1/s1. The molecule has 0 nitrogen and oxygen atoms in total. The van der Waals surface area contributed by atoms with Crippen molar-refractivity contribution in [3.63, 3.8) is 0 Å². The number of allylic oxidation sites excluding steroid dienone is 4. The van der Waals surface area contributed by atoms with Gasteiger partial charge in [-0.25, -0.2) is 0 Å². The predicted octanol–water partition coefficient (Wildman–Crippen LogP) is 7.46. The van der Waals surface area contributed by atoms with Crippen molar-refractivity contribution in [3.05, 3.63) is 20.8 Å². The van der Waals surface area contributed by atoms with Gasteiger partial charge in [-0.1, -0.05) is 46.7 Å². The summed E-state index contributed by atoms with van der Waals surface area (Å²) in [4.78, 5) is 0. The third kappa shape index (κ3) is 3.00. The maximum absolute atomic E-state index is 2.71. The van der Waals surface area contributed by atoms with Gasteiger partial charge in [-0.3, -0.25) is 0 Å². The van der Waals surface area contributed by atoms with Crippen LogP contribution in [-0.4, -0.2) is 3.92 Å². The van der Waals surface area contributed by atoms with Crippen molar-refractivity contribution in [1.29, 1.82) is 0 Å². The van der Waals surface area contributed by atoms with Crippen molar-refractivity contribution in [2.75, 3.05) is 0 Å². The highest BCUT2D eigenvalue weighted by Gasteiger charge is 2.51. The largest absolute Gasteiger partial charge is 0.0844 e. The van der Waals surface area contributed by atoms with Crippen molar-refractivity contribution in [2.24, 2.45) is 29.1 Å². The van der Waals surface area contributed by atoms with E-state index in [1.165, 1.54) is 57.8 Å². The highest BCUT2D eigenvalue weighted by molar-refractivity contribution is 14.1. The van der Waals surface area contributed by atoms with Crippen LogP contribution in [0.15, 0.2) is 20.8 Å². The van der Waals surface area contributed by atoms with Crippen LogP contribution in [-0.2, 0) is 0 Å². The van der Waals surface area contributed by atoms with Crippen molar-refractivity contribution >= 4 is 45.2 Å². The van der Waals surface area contributed by atoms with Crippen LogP contribution in [0.4, 0.5) is 0 Å². The molecular weight excluding hydrogens is 506 g/mol. The summed E-state index contributed by atoms with van der Waals surface area (Å²) in [5.74, 6) is 3.95. The Morgan fingerprint density at radius 1 is 1.09 bits per heavy atom. The number of rotatable bonds is 0. The first-order valence-electron chi connectivity index (χ1n) is 9.66. The molecule has 6 atom stereocenters. The van der Waals surface area contributed by atoms with Crippen LogP contribution in [0.25, 0.3) is 0 Å². The Kier molecular flexibility index (Phi) is 4.97. The Balaban J connectivity index is 1.65. The zero-order valence-corrected chi connectivity index (χ0v) is 18.9. The monoisotopic (exact) mass is 536 g/mol. The fourth-order valence-electron chi connectivity index (χ4n) is 6.40. The number of halogens is 2. The molecule has 2 fully saturated rings. The Morgan fingerprint density at radius 2 is 1.91 bits per heavy atom. The molecule has 4 rings (SSSR count). The zero-order chi connectivity index (χ0) is 16.2. The second-order valence-electron chi connectivity index (χ2n) is 8.92. The average Bonchev–Trinajstić information content (AvgIpc) is 2.67. The van der Waals surface area contributed by atoms with Crippen LogP contribution in [0.5, 0.6) is 0 Å². The van der Waals surface area contributed by atoms with Gasteiger partial charge in [-0.05, 0) is 120 Å². The Bertz CT molecular complexity index is 546. The smallest absolute Gasteiger partial charge is 0.0147 e.